The van der Waals surface area contributed by atoms with Gasteiger partial charge in [-0.1, -0.05) is 36.8 Å². The van der Waals surface area contributed by atoms with Crippen molar-refractivity contribution >= 4 is 17.6 Å². The predicted octanol–water partition coefficient (Wildman–Crippen LogP) is 2.28. The molecule has 1 aliphatic heterocycles. The normalized spacial score (nSPS) is 24.3. The van der Waals surface area contributed by atoms with Crippen LogP contribution in [0.4, 0.5) is 0 Å². The Morgan fingerprint density at radius 2 is 1.73 bits per heavy atom. The minimum Gasteiger partial charge on any atom is -0.299 e. The first-order chi connectivity index (χ1) is 10.7. The van der Waals surface area contributed by atoms with Crippen molar-refractivity contribution in [3.05, 3.63) is 48.0 Å². The fourth-order valence-corrected chi connectivity index (χ4v) is 3.46. The topological polar surface area (TPSA) is 54.5 Å². The Bertz CT molecular complexity index is 602. The Kier molecular flexibility index (Phi) is 4.18. The average Bonchev–Trinajstić information content (AvgIpc) is 3.12. The molecule has 3 rings (SSSR count). The van der Waals surface area contributed by atoms with E-state index in [1.807, 2.05) is 30.3 Å². The average molecular weight is 297 g/mol. The van der Waals surface area contributed by atoms with Crippen molar-refractivity contribution in [1.29, 1.82) is 0 Å². The third-order valence-corrected chi connectivity index (χ3v) is 4.57. The third kappa shape index (κ3) is 2.86. The summed E-state index contributed by atoms with van der Waals surface area (Å²) in [6.07, 6.45) is 6.18. The lowest BCUT2D eigenvalue weighted by atomic mass is 9.93. The van der Waals surface area contributed by atoms with Gasteiger partial charge in [-0.15, -0.1) is 0 Å². The predicted molar refractivity (Wildman–Crippen MR) is 81.9 cm³/mol. The molecule has 4 nitrogen and oxygen atoms in total. The van der Waals surface area contributed by atoms with E-state index in [4.69, 9.17) is 0 Å². The molecule has 2 aliphatic rings. The molecule has 1 fully saturated rings. The lowest BCUT2D eigenvalue weighted by Crippen LogP contribution is -2.44. The second-order valence-corrected chi connectivity index (χ2v) is 5.94. The number of benzene rings is 1. The fraction of sp³-hybridized carbons (Fsp3) is 0.389. The molecule has 4 heteroatoms. The molecule has 1 aromatic rings. The number of ketones is 1. The second-order valence-electron chi connectivity index (χ2n) is 5.94. The molecule has 2 atom stereocenters. The summed E-state index contributed by atoms with van der Waals surface area (Å²) in [5.41, 5.74) is 1.14. The van der Waals surface area contributed by atoms with E-state index in [0.29, 0.717) is 12.8 Å². The van der Waals surface area contributed by atoms with Crippen LogP contribution in [0.5, 0.6) is 0 Å². The van der Waals surface area contributed by atoms with E-state index in [-0.39, 0.29) is 29.6 Å². The van der Waals surface area contributed by atoms with E-state index >= 15 is 0 Å². The summed E-state index contributed by atoms with van der Waals surface area (Å²) in [6, 6.07) is 9.65. The monoisotopic (exact) mass is 297 g/mol. The van der Waals surface area contributed by atoms with E-state index in [0.717, 1.165) is 24.8 Å². The highest BCUT2D eigenvalue weighted by Crippen LogP contribution is 2.33. The first-order valence-electron chi connectivity index (χ1n) is 7.78. The molecule has 114 valence electrons. The minimum atomic E-state index is -0.280. The molecule has 22 heavy (non-hydrogen) atoms. The second kappa shape index (κ2) is 6.26. The molecule has 0 N–H and O–H groups in total. The number of aryl methyl sites for hydroxylation is 1. The van der Waals surface area contributed by atoms with Crippen LogP contribution in [0.15, 0.2) is 42.5 Å². The van der Waals surface area contributed by atoms with Gasteiger partial charge >= 0.3 is 0 Å². The first kappa shape index (κ1) is 14.7. The molecular formula is C18H19NO3. The van der Waals surface area contributed by atoms with E-state index < -0.39 is 0 Å². The number of rotatable bonds is 5. The van der Waals surface area contributed by atoms with Gasteiger partial charge in [0.25, 0.3) is 11.8 Å². The van der Waals surface area contributed by atoms with Crippen molar-refractivity contribution in [3.8, 4) is 0 Å². The number of Topliss-reactive ketones (excluding diaryl/α,β-unsaturated/α-hetero) is 1. The van der Waals surface area contributed by atoms with Crippen molar-refractivity contribution in [1.82, 2.24) is 4.90 Å². The third-order valence-electron chi connectivity index (χ3n) is 4.57. The zero-order chi connectivity index (χ0) is 15.5. The van der Waals surface area contributed by atoms with Gasteiger partial charge in [-0.25, -0.2) is 0 Å². The maximum absolute atomic E-state index is 12.5. The van der Waals surface area contributed by atoms with Crippen molar-refractivity contribution in [2.24, 2.45) is 5.92 Å². The molecule has 1 saturated carbocycles. The van der Waals surface area contributed by atoms with Crippen LogP contribution in [0.3, 0.4) is 0 Å². The number of amides is 2. The molecule has 0 radical (unpaired) electrons. The van der Waals surface area contributed by atoms with Crippen LogP contribution in [0, 0.1) is 5.92 Å². The van der Waals surface area contributed by atoms with Crippen molar-refractivity contribution < 1.29 is 14.4 Å². The standard InChI is InChI=1S/C18H19NO3/c20-16(10-9-13-5-2-1-3-6-13)14-7-4-8-15(14)19-17(21)11-12-18(19)22/h1-3,5-6,11-12,14-15H,4,7-10H2. The van der Waals surface area contributed by atoms with Gasteiger partial charge in [-0.2, -0.15) is 0 Å². The minimum absolute atomic E-state index is 0.166. The Hall–Kier alpha value is -2.23. The van der Waals surface area contributed by atoms with Gasteiger partial charge in [0.15, 0.2) is 0 Å². The maximum atomic E-state index is 12.5. The summed E-state index contributed by atoms with van der Waals surface area (Å²) in [4.78, 5) is 37.5. The van der Waals surface area contributed by atoms with E-state index in [1.165, 1.54) is 17.1 Å². The molecule has 0 bridgehead atoms. The SMILES string of the molecule is O=C(CCc1ccccc1)C1CCCC1N1C(=O)C=CC1=O. The summed E-state index contributed by atoms with van der Waals surface area (Å²) in [7, 11) is 0. The molecule has 1 aliphatic carbocycles. The molecule has 1 aromatic carbocycles. The zero-order valence-electron chi connectivity index (χ0n) is 12.4. The number of carbonyl (C=O) groups is 3. The van der Waals surface area contributed by atoms with Gasteiger partial charge in [0.2, 0.25) is 0 Å². The summed E-state index contributed by atoms with van der Waals surface area (Å²) in [5, 5.41) is 0. The Morgan fingerprint density at radius 3 is 2.41 bits per heavy atom. The summed E-state index contributed by atoms with van der Waals surface area (Å²) < 4.78 is 0. The van der Waals surface area contributed by atoms with Gasteiger partial charge in [0.05, 0.1) is 6.04 Å². The highest BCUT2D eigenvalue weighted by atomic mass is 16.2. The molecule has 0 spiro atoms. The largest absolute Gasteiger partial charge is 0.299 e. The van der Waals surface area contributed by atoms with Gasteiger partial charge in [-0.3, -0.25) is 19.3 Å². The molecule has 2 unspecified atom stereocenters. The lowest BCUT2D eigenvalue weighted by Gasteiger charge is -2.27. The van der Waals surface area contributed by atoms with Crippen LogP contribution in [0.1, 0.15) is 31.2 Å². The van der Waals surface area contributed by atoms with Crippen LogP contribution in [0.25, 0.3) is 0 Å². The van der Waals surface area contributed by atoms with Crippen LogP contribution in [-0.2, 0) is 20.8 Å². The number of imide groups is 1. The fourth-order valence-electron chi connectivity index (χ4n) is 3.46. The number of hydrogen-bond acceptors (Lipinski definition) is 3. The lowest BCUT2D eigenvalue weighted by molar-refractivity contribution is -0.141. The summed E-state index contributed by atoms with van der Waals surface area (Å²) in [6.45, 7) is 0. The molecule has 0 aromatic heterocycles. The summed E-state index contributed by atoms with van der Waals surface area (Å²) >= 11 is 0. The molecule has 1 heterocycles. The highest BCUT2D eigenvalue weighted by Gasteiger charge is 2.41. The van der Waals surface area contributed by atoms with Crippen molar-refractivity contribution in [2.75, 3.05) is 0 Å². The molecular weight excluding hydrogens is 278 g/mol. The van der Waals surface area contributed by atoms with E-state index in [1.54, 1.807) is 0 Å². The molecule has 2 amide bonds. The van der Waals surface area contributed by atoms with Crippen LogP contribution < -0.4 is 0 Å². The maximum Gasteiger partial charge on any atom is 0.253 e. The number of carbonyl (C=O) groups excluding carboxylic acids is 3. The van der Waals surface area contributed by atoms with Crippen molar-refractivity contribution in [3.63, 3.8) is 0 Å². The number of nitrogens with zero attached hydrogens (tertiary/aromatic N) is 1. The van der Waals surface area contributed by atoms with Crippen LogP contribution in [0.2, 0.25) is 0 Å². The Balaban J connectivity index is 1.64. The van der Waals surface area contributed by atoms with Crippen molar-refractivity contribution in [2.45, 2.75) is 38.1 Å². The number of hydrogen-bond donors (Lipinski definition) is 0. The highest BCUT2D eigenvalue weighted by molar-refractivity contribution is 6.13. The van der Waals surface area contributed by atoms with Gasteiger partial charge in [0, 0.05) is 24.5 Å². The molecule has 0 saturated heterocycles. The quantitative estimate of drug-likeness (QED) is 0.784. The van der Waals surface area contributed by atoms with Gasteiger partial charge in [0.1, 0.15) is 5.78 Å². The van der Waals surface area contributed by atoms with E-state index in [2.05, 4.69) is 0 Å². The van der Waals surface area contributed by atoms with E-state index in [9.17, 15) is 14.4 Å². The van der Waals surface area contributed by atoms with Crippen LogP contribution in [-0.4, -0.2) is 28.5 Å². The summed E-state index contributed by atoms with van der Waals surface area (Å²) in [5.74, 6) is -0.592. The van der Waals surface area contributed by atoms with Gasteiger partial charge < -0.3 is 0 Å². The Morgan fingerprint density at radius 1 is 1.05 bits per heavy atom. The first-order valence-corrected chi connectivity index (χ1v) is 7.78. The smallest absolute Gasteiger partial charge is 0.253 e. The zero-order valence-corrected chi connectivity index (χ0v) is 12.4. The van der Waals surface area contributed by atoms with Crippen LogP contribution >= 0.6 is 0 Å². The van der Waals surface area contributed by atoms with Gasteiger partial charge in [-0.05, 0) is 24.8 Å². The Labute approximate surface area is 129 Å².